The van der Waals surface area contributed by atoms with Crippen LogP contribution in [0.5, 0.6) is 11.5 Å². The van der Waals surface area contributed by atoms with Crippen LogP contribution in [0.3, 0.4) is 0 Å². The second kappa shape index (κ2) is 11.1. The van der Waals surface area contributed by atoms with Gasteiger partial charge >= 0.3 is 0 Å². The van der Waals surface area contributed by atoms with E-state index in [-0.39, 0.29) is 11.6 Å². The summed E-state index contributed by atoms with van der Waals surface area (Å²) < 4.78 is 18.2. The monoisotopic (exact) mass is 412 g/mol. The summed E-state index contributed by atoms with van der Waals surface area (Å²) in [6, 6.07) is 12.3. The largest absolute Gasteiger partial charge is 0.504 e. The van der Waals surface area contributed by atoms with Crippen molar-refractivity contribution in [3.05, 3.63) is 65.5 Å². The van der Waals surface area contributed by atoms with Crippen LogP contribution in [0.2, 0.25) is 0 Å². The minimum Gasteiger partial charge on any atom is -0.504 e. The molecule has 5 heteroatoms. The normalized spacial score (nSPS) is 15.9. The van der Waals surface area contributed by atoms with Crippen LogP contribution in [0, 0.1) is 11.7 Å². The van der Waals surface area contributed by atoms with Gasteiger partial charge in [-0.25, -0.2) is 4.39 Å². The Balaban J connectivity index is 1.35. The molecule has 1 aliphatic heterocycles. The van der Waals surface area contributed by atoms with E-state index in [9.17, 15) is 9.50 Å². The van der Waals surface area contributed by atoms with Gasteiger partial charge in [0.2, 0.25) is 0 Å². The molecule has 0 spiro atoms. The van der Waals surface area contributed by atoms with Crippen LogP contribution in [-0.4, -0.2) is 61.8 Å². The first-order chi connectivity index (χ1) is 14.5. The molecule has 0 amide bonds. The molecule has 2 aromatic rings. The molecule has 1 heterocycles. The van der Waals surface area contributed by atoms with Gasteiger partial charge in [0.1, 0.15) is 5.82 Å². The number of likely N-dealkylation sites (N-methyl/N-ethyl adjacent to an activating group) is 1. The van der Waals surface area contributed by atoms with Gasteiger partial charge in [-0.1, -0.05) is 30.4 Å². The Hall–Kier alpha value is -2.37. The number of rotatable bonds is 9. The summed E-state index contributed by atoms with van der Waals surface area (Å²) in [4.78, 5) is 4.89. The standard InChI is InChI=1S/C25H33FN2O2/c1-27(14-3-4-21-7-10-24(29)25(18-21)30-2)19-22-12-16-28(17-13-22)15-11-20-5-8-23(26)9-6-20/h3-10,18,22,29H,11-17,19H2,1-2H3. The first-order valence-corrected chi connectivity index (χ1v) is 10.7. The number of piperidine rings is 1. The molecule has 30 heavy (non-hydrogen) atoms. The van der Waals surface area contributed by atoms with Gasteiger partial charge in [-0.05, 0) is 80.7 Å². The number of phenolic OH excluding ortho intramolecular Hbond substituents is 1. The minimum atomic E-state index is -0.165. The Morgan fingerprint density at radius 3 is 2.60 bits per heavy atom. The highest BCUT2D eigenvalue weighted by Crippen LogP contribution is 2.26. The molecule has 1 fully saturated rings. The lowest BCUT2D eigenvalue weighted by Crippen LogP contribution is -2.38. The highest BCUT2D eigenvalue weighted by atomic mass is 19.1. The zero-order chi connectivity index (χ0) is 21.3. The van der Waals surface area contributed by atoms with E-state index >= 15 is 0 Å². The topological polar surface area (TPSA) is 35.9 Å². The Bertz CT molecular complexity index is 814. The highest BCUT2D eigenvalue weighted by Gasteiger charge is 2.19. The van der Waals surface area contributed by atoms with E-state index in [1.807, 2.05) is 24.3 Å². The average Bonchev–Trinajstić information content (AvgIpc) is 2.75. The van der Waals surface area contributed by atoms with Crippen molar-refractivity contribution in [3.8, 4) is 11.5 Å². The number of hydrogen-bond donors (Lipinski definition) is 1. The van der Waals surface area contributed by atoms with Crippen LogP contribution < -0.4 is 4.74 Å². The van der Waals surface area contributed by atoms with Crippen LogP contribution in [0.4, 0.5) is 4.39 Å². The fourth-order valence-corrected chi connectivity index (χ4v) is 4.01. The van der Waals surface area contributed by atoms with Crippen LogP contribution in [-0.2, 0) is 6.42 Å². The summed E-state index contributed by atoms with van der Waals surface area (Å²) in [6.45, 7) is 5.34. The number of halogens is 1. The van der Waals surface area contributed by atoms with Gasteiger partial charge in [-0.3, -0.25) is 0 Å². The zero-order valence-electron chi connectivity index (χ0n) is 18.1. The highest BCUT2D eigenvalue weighted by molar-refractivity contribution is 5.55. The Labute approximate surface area is 179 Å². The molecule has 0 aliphatic carbocycles. The maximum Gasteiger partial charge on any atom is 0.161 e. The number of methoxy groups -OCH3 is 1. The van der Waals surface area contributed by atoms with Crippen molar-refractivity contribution in [2.45, 2.75) is 19.3 Å². The summed E-state index contributed by atoms with van der Waals surface area (Å²) in [5, 5.41) is 9.68. The summed E-state index contributed by atoms with van der Waals surface area (Å²) in [5.41, 5.74) is 2.23. The fraction of sp³-hybridized carbons (Fsp3) is 0.440. The second-order valence-corrected chi connectivity index (χ2v) is 8.22. The third-order valence-corrected chi connectivity index (χ3v) is 5.84. The molecule has 0 atom stereocenters. The van der Waals surface area contributed by atoms with Gasteiger partial charge in [-0.2, -0.15) is 0 Å². The lowest BCUT2D eigenvalue weighted by molar-refractivity contribution is 0.160. The third kappa shape index (κ3) is 6.85. The van der Waals surface area contributed by atoms with Crippen molar-refractivity contribution < 1.29 is 14.2 Å². The number of ether oxygens (including phenoxy) is 1. The predicted octanol–water partition coefficient (Wildman–Crippen LogP) is 4.44. The van der Waals surface area contributed by atoms with Gasteiger partial charge in [0.05, 0.1) is 7.11 Å². The number of aromatic hydroxyl groups is 1. The van der Waals surface area contributed by atoms with Crippen LogP contribution >= 0.6 is 0 Å². The molecule has 2 aromatic carbocycles. The molecule has 0 radical (unpaired) electrons. The Morgan fingerprint density at radius 1 is 1.17 bits per heavy atom. The average molecular weight is 413 g/mol. The van der Waals surface area contributed by atoms with Crippen LogP contribution in [0.15, 0.2) is 48.5 Å². The number of likely N-dealkylation sites (tertiary alicyclic amines) is 1. The van der Waals surface area contributed by atoms with Crippen LogP contribution in [0.25, 0.3) is 6.08 Å². The molecule has 0 aromatic heterocycles. The van der Waals surface area contributed by atoms with E-state index in [1.165, 1.54) is 18.4 Å². The smallest absolute Gasteiger partial charge is 0.161 e. The van der Waals surface area contributed by atoms with E-state index in [0.717, 1.165) is 50.6 Å². The molecule has 162 valence electrons. The Morgan fingerprint density at radius 2 is 1.90 bits per heavy atom. The summed E-state index contributed by atoms with van der Waals surface area (Å²) in [5.74, 6) is 1.23. The van der Waals surface area contributed by atoms with Crippen molar-refractivity contribution in [2.75, 3.05) is 46.9 Å². The summed E-state index contributed by atoms with van der Waals surface area (Å²) in [6.07, 6.45) is 7.66. The van der Waals surface area contributed by atoms with E-state index < -0.39 is 0 Å². The van der Waals surface area contributed by atoms with Gasteiger partial charge in [-0.15, -0.1) is 0 Å². The SMILES string of the molecule is COc1cc(C=CCN(C)CC2CCN(CCc3ccc(F)cc3)CC2)ccc1O. The molecular weight excluding hydrogens is 379 g/mol. The number of nitrogens with zero attached hydrogens (tertiary/aromatic N) is 2. The molecule has 1 saturated heterocycles. The number of phenols is 1. The quantitative estimate of drug-likeness (QED) is 0.661. The lowest BCUT2D eigenvalue weighted by atomic mass is 9.96. The second-order valence-electron chi connectivity index (χ2n) is 8.22. The van der Waals surface area contributed by atoms with E-state index in [1.54, 1.807) is 25.3 Å². The molecule has 3 rings (SSSR count). The van der Waals surface area contributed by atoms with Crippen molar-refractivity contribution in [2.24, 2.45) is 5.92 Å². The van der Waals surface area contributed by atoms with Gasteiger partial charge in [0.25, 0.3) is 0 Å². The molecule has 1 N–H and O–H groups in total. The van der Waals surface area contributed by atoms with Gasteiger partial charge in [0, 0.05) is 19.6 Å². The van der Waals surface area contributed by atoms with E-state index in [2.05, 4.69) is 29.0 Å². The molecule has 0 bridgehead atoms. The van der Waals surface area contributed by atoms with E-state index in [0.29, 0.717) is 5.75 Å². The number of benzene rings is 2. The zero-order valence-corrected chi connectivity index (χ0v) is 18.1. The fourth-order valence-electron chi connectivity index (χ4n) is 4.01. The number of hydrogen-bond acceptors (Lipinski definition) is 4. The lowest BCUT2D eigenvalue weighted by Gasteiger charge is -2.33. The van der Waals surface area contributed by atoms with Gasteiger partial charge < -0.3 is 19.6 Å². The third-order valence-electron chi connectivity index (χ3n) is 5.84. The Kier molecular flexibility index (Phi) is 8.29. The van der Waals surface area contributed by atoms with E-state index in [4.69, 9.17) is 4.74 Å². The maximum absolute atomic E-state index is 13.0. The molecule has 1 aliphatic rings. The predicted molar refractivity (Wildman–Crippen MR) is 120 cm³/mol. The first-order valence-electron chi connectivity index (χ1n) is 10.7. The first kappa shape index (κ1) is 22.3. The van der Waals surface area contributed by atoms with Crippen molar-refractivity contribution in [3.63, 3.8) is 0 Å². The summed E-state index contributed by atoms with van der Waals surface area (Å²) >= 11 is 0. The van der Waals surface area contributed by atoms with Crippen molar-refractivity contribution >= 4 is 6.08 Å². The van der Waals surface area contributed by atoms with Crippen molar-refractivity contribution in [1.29, 1.82) is 0 Å². The van der Waals surface area contributed by atoms with Crippen LogP contribution in [0.1, 0.15) is 24.0 Å². The molecule has 0 unspecified atom stereocenters. The molecular formula is C25H33FN2O2. The molecule has 4 nitrogen and oxygen atoms in total. The summed E-state index contributed by atoms with van der Waals surface area (Å²) in [7, 11) is 3.73. The minimum absolute atomic E-state index is 0.163. The van der Waals surface area contributed by atoms with Crippen molar-refractivity contribution in [1.82, 2.24) is 9.80 Å². The maximum atomic E-state index is 13.0. The van der Waals surface area contributed by atoms with Gasteiger partial charge in [0.15, 0.2) is 11.5 Å². The molecule has 0 saturated carbocycles.